The fourth-order valence-corrected chi connectivity index (χ4v) is 4.15. The van der Waals surface area contributed by atoms with Crippen LogP contribution in [0.5, 0.6) is 17.2 Å². The first-order valence-corrected chi connectivity index (χ1v) is 9.18. The maximum atomic E-state index is 14.1. The molecule has 2 aromatic rings. The first kappa shape index (κ1) is 19.3. The molecule has 0 saturated carbocycles. The molecule has 3 rings (SSSR count). The molecule has 0 N–H and O–H groups in total. The molecule has 1 fully saturated rings. The van der Waals surface area contributed by atoms with Crippen molar-refractivity contribution in [3.8, 4) is 17.2 Å². The summed E-state index contributed by atoms with van der Waals surface area (Å²) in [6.45, 7) is 0.0409. The second kappa shape index (κ2) is 8.04. The molecule has 1 atom stereocenters. The van der Waals surface area contributed by atoms with Gasteiger partial charge in [-0.15, -0.1) is 11.8 Å². The first-order valence-electron chi connectivity index (χ1n) is 8.13. The lowest BCUT2D eigenvalue weighted by Gasteiger charge is -2.25. The topological polar surface area (TPSA) is 48.0 Å². The predicted octanol–water partition coefficient (Wildman–Crippen LogP) is 3.76. The third kappa shape index (κ3) is 3.80. The Morgan fingerprint density at radius 3 is 2.30 bits per heavy atom. The van der Waals surface area contributed by atoms with Gasteiger partial charge in [0.1, 0.15) is 17.0 Å². The Hall–Kier alpha value is -2.48. The minimum atomic E-state index is -0.677. The molecule has 8 heteroatoms. The zero-order valence-electron chi connectivity index (χ0n) is 15.1. The zero-order valence-corrected chi connectivity index (χ0v) is 15.9. The van der Waals surface area contributed by atoms with E-state index in [-0.39, 0.29) is 29.1 Å². The molecule has 5 nitrogen and oxygen atoms in total. The second-order valence-corrected chi connectivity index (χ2v) is 6.95. The van der Waals surface area contributed by atoms with E-state index in [2.05, 4.69) is 0 Å². The molecule has 1 aliphatic heterocycles. The van der Waals surface area contributed by atoms with Gasteiger partial charge in [-0.3, -0.25) is 4.79 Å². The van der Waals surface area contributed by atoms with E-state index in [1.165, 1.54) is 45.2 Å². The van der Waals surface area contributed by atoms with Crippen LogP contribution in [0.1, 0.15) is 16.5 Å². The molecule has 1 unspecified atom stereocenters. The molecule has 27 heavy (non-hydrogen) atoms. The van der Waals surface area contributed by atoms with E-state index in [1.807, 2.05) is 0 Å². The van der Waals surface area contributed by atoms with Gasteiger partial charge in [0.2, 0.25) is 11.7 Å². The molecular formula is C19H19F2NO4S. The van der Waals surface area contributed by atoms with Crippen molar-refractivity contribution in [3.63, 3.8) is 0 Å². The van der Waals surface area contributed by atoms with Crippen molar-refractivity contribution in [1.29, 1.82) is 0 Å². The molecule has 0 bridgehead atoms. The van der Waals surface area contributed by atoms with Crippen LogP contribution in [0, 0.1) is 11.6 Å². The van der Waals surface area contributed by atoms with Crippen molar-refractivity contribution in [1.82, 2.24) is 4.90 Å². The molecule has 1 saturated heterocycles. The molecule has 0 radical (unpaired) electrons. The van der Waals surface area contributed by atoms with Crippen LogP contribution >= 0.6 is 11.8 Å². The quantitative estimate of drug-likeness (QED) is 0.745. The number of halogens is 2. The highest BCUT2D eigenvalue weighted by Crippen LogP contribution is 2.46. The number of carbonyl (C=O) groups excluding carboxylic acids is 1. The maximum absolute atomic E-state index is 14.1. The Bertz CT molecular complexity index is 837. The van der Waals surface area contributed by atoms with Crippen molar-refractivity contribution in [2.24, 2.45) is 0 Å². The molecule has 0 aromatic heterocycles. The third-order valence-electron chi connectivity index (χ3n) is 4.30. The van der Waals surface area contributed by atoms with Crippen molar-refractivity contribution < 1.29 is 27.8 Å². The summed E-state index contributed by atoms with van der Waals surface area (Å²) < 4.78 is 43.3. The number of hydrogen-bond donors (Lipinski definition) is 0. The van der Waals surface area contributed by atoms with E-state index < -0.39 is 11.6 Å². The van der Waals surface area contributed by atoms with Gasteiger partial charge in [-0.05, 0) is 23.8 Å². The fraction of sp³-hybridized carbons (Fsp3) is 0.316. The highest BCUT2D eigenvalue weighted by atomic mass is 32.2. The lowest BCUT2D eigenvalue weighted by molar-refractivity contribution is -0.128. The minimum Gasteiger partial charge on any atom is -0.493 e. The monoisotopic (exact) mass is 395 g/mol. The van der Waals surface area contributed by atoms with Crippen molar-refractivity contribution in [2.75, 3.05) is 27.1 Å². The van der Waals surface area contributed by atoms with E-state index in [0.29, 0.717) is 17.2 Å². The second-order valence-electron chi connectivity index (χ2n) is 5.88. The van der Waals surface area contributed by atoms with Crippen LogP contribution in [-0.4, -0.2) is 37.9 Å². The van der Waals surface area contributed by atoms with Crippen LogP contribution in [0.2, 0.25) is 0 Å². The van der Waals surface area contributed by atoms with E-state index in [4.69, 9.17) is 14.2 Å². The van der Waals surface area contributed by atoms with Gasteiger partial charge in [0.15, 0.2) is 11.5 Å². The maximum Gasteiger partial charge on any atom is 0.234 e. The Balaban J connectivity index is 1.96. The summed E-state index contributed by atoms with van der Waals surface area (Å²) in [5.41, 5.74) is 1.02. The highest BCUT2D eigenvalue weighted by molar-refractivity contribution is 8.00. The Labute approximate surface area is 160 Å². The Morgan fingerprint density at radius 2 is 1.74 bits per heavy atom. The summed E-state index contributed by atoms with van der Waals surface area (Å²) in [5, 5.41) is -0.351. The molecule has 0 aliphatic carbocycles. The van der Waals surface area contributed by atoms with Gasteiger partial charge in [-0.25, -0.2) is 8.78 Å². The van der Waals surface area contributed by atoms with Crippen LogP contribution < -0.4 is 14.2 Å². The normalized spacial score (nSPS) is 16.6. The van der Waals surface area contributed by atoms with Gasteiger partial charge in [0, 0.05) is 18.2 Å². The summed E-state index contributed by atoms with van der Waals surface area (Å²) >= 11 is 1.42. The van der Waals surface area contributed by atoms with Gasteiger partial charge in [-0.2, -0.15) is 0 Å². The molecule has 144 valence electrons. The number of amides is 1. The van der Waals surface area contributed by atoms with Gasteiger partial charge < -0.3 is 19.1 Å². The van der Waals surface area contributed by atoms with Gasteiger partial charge >= 0.3 is 0 Å². The number of thioether (sulfide) groups is 1. The Kier molecular flexibility index (Phi) is 5.74. The van der Waals surface area contributed by atoms with Crippen LogP contribution in [0.25, 0.3) is 0 Å². The van der Waals surface area contributed by atoms with Crippen LogP contribution in [0.3, 0.4) is 0 Å². The molecule has 0 spiro atoms. The van der Waals surface area contributed by atoms with E-state index in [0.717, 1.165) is 11.6 Å². The van der Waals surface area contributed by atoms with E-state index in [1.54, 1.807) is 17.0 Å². The third-order valence-corrected chi connectivity index (χ3v) is 5.55. The summed E-state index contributed by atoms with van der Waals surface area (Å²) in [6.07, 6.45) is 0. The molecule has 1 aliphatic rings. The van der Waals surface area contributed by atoms with Gasteiger partial charge in [-0.1, -0.05) is 6.07 Å². The van der Waals surface area contributed by atoms with Crippen LogP contribution in [0.4, 0.5) is 8.78 Å². The van der Waals surface area contributed by atoms with Crippen molar-refractivity contribution in [2.45, 2.75) is 11.9 Å². The summed E-state index contributed by atoms with van der Waals surface area (Å²) in [7, 11) is 4.54. The largest absolute Gasteiger partial charge is 0.493 e. The predicted molar refractivity (Wildman–Crippen MR) is 98.2 cm³/mol. The molecular weight excluding hydrogens is 376 g/mol. The highest BCUT2D eigenvalue weighted by Gasteiger charge is 2.34. The Morgan fingerprint density at radius 1 is 1.07 bits per heavy atom. The van der Waals surface area contributed by atoms with Crippen molar-refractivity contribution >= 4 is 17.7 Å². The fourth-order valence-electron chi connectivity index (χ4n) is 2.98. The van der Waals surface area contributed by atoms with E-state index >= 15 is 0 Å². The molecule has 1 heterocycles. The number of rotatable bonds is 6. The first-order chi connectivity index (χ1) is 13.0. The lowest BCUT2D eigenvalue weighted by atomic mass is 10.1. The standard InChI is InChI=1S/C19H19F2NO4S/c1-24-15-6-12(7-16(25-2)18(15)26-3)19-22(17(23)10-27-19)9-11-4-5-13(20)8-14(11)21/h4-8,19H,9-10H2,1-3H3. The smallest absolute Gasteiger partial charge is 0.234 e. The number of ether oxygens (including phenoxy) is 3. The number of carbonyl (C=O) groups is 1. The van der Waals surface area contributed by atoms with Gasteiger partial charge in [0.05, 0.1) is 27.1 Å². The number of nitrogens with zero attached hydrogens (tertiary/aromatic N) is 1. The SMILES string of the molecule is COc1cc(C2SCC(=O)N2Cc2ccc(F)cc2F)cc(OC)c1OC. The average Bonchev–Trinajstić information content (AvgIpc) is 3.03. The number of methoxy groups -OCH3 is 3. The zero-order chi connectivity index (χ0) is 19.6. The summed E-state index contributed by atoms with van der Waals surface area (Å²) in [5.74, 6) is 0.212. The average molecular weight is 395 g/mol. The van der Waals surface area contributed by atoms with Gasteiger partial charge in [0.25, 0.3) is 0 Å². The minimum absolute atomic E-state index is 0.0409. The summed E-state index contributed by atoms with van der Waals surface area (Å²) in [4.78, 5) is 14.0. The van der Waals surface area contributed by atoms with Crippen LogP contribution in [0.15, 0.2) is 30.3 Å². The van der Waals surface area contributed by atoms with Crippen LogP contribution in [-0.2, 0) is 11.3 Å². The molecule has 2 aromatic carbocycles. The van der Waals surface area contributed by atoms with Crippen molar-refractivity contribution in [3.05, 3.63) is 53.1 Å². The van der Waals surface area contributed by atoms with E-state index in [9.17, 15) is 13.6 Å². The summed E-state index contributed by atoms with van der Waals surface area (Å²) in [6, 6.07) is 6.89. The molecule has 1 amide bonds. The lowest BCUT2D eigenvalue weighted by Crippen LogP contribution is -2.28. The number of hydrogen-bond acceptors (Lipinski definition) is 5. The number of benzene rings is 2.